The standard InChI is InChI=1S/C19H21N3OS2/c1-3-11-21(13-15-8-7-12-24-15)14-18(23)22(4-2)19-20-16-9-5-6-10-17(16)25-19/h3,5-10,12H,1,4,11,13-14H2,2H3. The number of nitrogens with zero attached hydrogens (tertiary/aromatic N) is 3. The second kappa shape index (κ2) is 8.38. The van der Waals surface area contributed by atoms with Crippen molar-refractivity contribution >= 4 is 43.9 Å². The van der Waals surface area contributed by atoms with E-state index in [1.54, 1.807) is 27.6 Å². The summed E-state index contributed by atoms with van der Waals surface area (Å²) >= 11 is 3.27. The quantitative estimate of drug-likeness (QED) is 0.551. The van der Waals surface area contributed by atoms with E-state index >= 15 is 0 Å². The molecule has 2 aromatic heterocycles. The Morgan fingerprint density at radius 1 is 1.28 bits per heavy atom. The van der Waals surface area contributed by atoms with Crippen molar-refractivity contribution in [1.29, 1.82) is 0 Å². The number of hydrogen-bond donors (Lipinski definition) is 0. The number of rotatable bonds is 8. The highest BCUT2D eigenvalue weighted by Crippen LogP contribution is 2.28. The molecular weight excluding hydrogens is 350 g/mol. The van der Waals surface area contributed by atoms with E-state index in [1.165, 1.54) is 4.88 Å². The maximum atomic E-state index is 12.9. The van der Waals surface area contributed by atoms with Gasteiger partial charge in [-0.2, -0.15) is 0 Å². The fraction of sp³-hybridized carbons (Fsp3) is 0.263. The lowest BCUT2D eigenvalue weighted by molar-refractivity contribution is -0.119. The maximum Gasteiger partial charge on any atom is 0.242 e. The maximum absolute atomic E-state index is 12.9. The number of hydrogen-bond acceptors (Lipinski definition) is 5. The molecule has 0 saturated carbocycles. The number of likely N-dealkylation sites (N-methyl/N-ethyl adjacent to an activating group) is 1. The van der Waals surface area contributed by atoms with Crippen molar-refractivity contribution in [1.82, 2.24) is 9.88 Å². The Morgan fingerprint density at radius 2 is 2.12 bits per heavy atom. The smallest absolute Gasteiger partial charge is 0.242 e. The molecule has 3 rings (SSSR count). The van der Waals surface area contributed by atoms with Crippen LogP contribution in [0.1, 0.15) is 11.8 Å². The number of fused-ring (bicyclic) bond motifs is 1. The molecule has 0 spiro atoms. The van der Waals surface area contributed by atoms with Crippen LogP contribution in [0.15, 0.2) is 54.4 Å². The molecule has 0 aliphatic rings. The zero-order valence-electron chi connectivity index (χ0n) is 14.2. The van der Waals surface area contributed by atoms with Crippen LogP contribution >= 0.6 is 22.7 Å². The van der Waals surface area contributed by atoms with Crippen LogP contribution < -0.4 is 4.90 Å². The Morgan fingerprint density at radius 3 is 2.80 bits per heavy atom. The fourth-order valence-electron chi connectivity index (χ4n) is 2.66. The summed E-state index contributed by atoms with van der Waals surface area (Å²) in [6.07, 6.45) is 1.84. The average Bonchev–Trinajstić information content (AvgIpc) is 3.24. The monoisotopic (exact) mass is 371 g/mol. The molecule has 0 fully saturated rings. The van der Waals surface area contributed by atoms with Gasteiger partial charge in [0.15, 0.2) is 5.13 Å². The van der Waals surface area contributed by atoms with Gasteiger partial charge in [0.25, 0.3) is 0 Å². The van der Waals surface area contributed by atoms with Crippen molar-refractivity contribution in [3.8, 4) is 0 Å². The summed E-state index contributed by atoms with van der Waals surface area (Å²) in [6, 6.07) is 12.1. The van der Waals surface area contributed by atoms with E-state index in [-0.39, 0.29) is 5.91 Å². The van der Waals surface area contributed by atoms with Gasteiger partial charge in [-0.3, -0.25) is 14.6 Å². The van der Waals surface area contributed by atoms with Gasteiger partial charge in [0.1, 0.15) is 0 Å². The lowest BCUT2D eigenvalue weighted by atomic mass is 10.3. The third-order valence-electron chi connectivity index (χ3n) is 3.84. The molecule has 0 N–H and O–H groups in total. The van der Waals surface area contributed by atoms with E-state index in [9.17, 15) is 4.79 Å². The first-order valence-corrected chi connectivity index (χ1v) is 9.92. The average molecular weight is 372 g/mol. The molecule has 6 heteroatoms. The Bertz CT molecular complexity index is 808. The predicted molar refractivity (Wildman–Crippen MR) is 107 cm³/mol. The minimum atomic E-state index is 0.0694. The summed E-state index contributed by atoms with van der Waals surface area (Å²) in [5, 5.41) is 2.83. The van der Waals surface area contributed by atoms with Crippen LogP contribution in [0.25, 0.3) is 10.2 Å². The zero-order valence-corrected chi connectivity index (χ0v) is 15.9. The molecule has 3 aromatic rings. The Kier molecular flexibility index (Phi) is 5.96. The lowest BCUT2D eigenvalue weighted by Gasteiger charge is -2.24. The molecule has 0 atom stereocenters. The van der Waals surface area contributed by atoms with Crippen LogP contribution in [0, 0.1) is 0 Å². The molecule has 2 heterocycles. The van der Waals surface area contributed by atoms with E-state index in [4.69, 9.17) is 0 Å². The molecule has 4 nitrogen and oxygen atoms in total. The van der Waals surface area contributed by atoms with Gasteiger partial charge in [-0.1, -0.05) is 35.6 Å². The molecular formula is C19H21N3OS2. The SMILES string of the molecule is C=CCN(CC(=O)N(CC)c1nc2ccccc2s1)Cc1cccs1. The van der Waals surface area contributed by atoms with Gasteiger partial charge in [-0.05, 0) is 30.5 Å². The highest BCUT2D eigenvalue weighted by atomic mass is 32.1. The highest BCUT2D eigenvalue weighted by molar-refractivity contribution is 7.22. The molecule has 0 saturated heterocycles. The second-order valence-corrected chi connectivity index (χ2v) is 7.68. The summed E-state index contributed by atoms with van der Waals surface area (Å²) in [5.74, 6) is 0.0694. The largest absolute Gasteiger partial charge is 0.287 e. The van der Waals surface area contributed by atoms with Crippen LogP contribution in [0.3, 0.4) is 0 Å². The van der Waals surface area contributed by atoms with Crippen LogP contribution in [0.5, 0.6) is 0 Å². The van der Waals surface area contributed by atoms with Crippen LogP contribution in [-0.2, 0) is 11.3 Å². The topological polar surface area (TPSA) is 36.4 Å². The summed E-state index contributed by atoms with van der Waals surface area (Å²) in [5.41, 5.74) is 0.940. The first-order chi connectivity index (χ1) is 12.2. The number of para-hydroxylation sites is 1. The number of amides is 1. The summed E-state index contributed by atoms with van der Waals surface area (Å²) in [7, 11) is 0. The van der Waals surface area contributed by atoms with Crippen molar-refractivity contribution in [3.63, 3.8) is 0 Å². The molecule has 0 unspecified atom stereocenters. The third kappa shape index (κ3) is 4.34. The van der Waals surface area contributed by atoms with Crippen LogP contribution in [0.4, 0.5) is 5.13 Å². The number of benzene rings is 1. The van der Waals surface area contributed by atoms with Crippen LogP contribution in [0.2, 0.25) is 0 Å². The van der Waals surface area contributed by atoms with E-state index in [0.29, 0.717) is 19.6 Å². The van der Waals surface area contributed by atoms with Crippen LogP contribution in [-0.4, -0.2) is 35.4 Å². The van der Waals surface area contributed by atoms with Gasteiger partial charge in [0.2, 0.25) is 5.91 Å². The number of carbonyl (C=O) groups excluding carboxylic acids is 1. The van der Waals surface area contributed by atoms with Gasteiger partial charge in [-0.25, -0.2) is 4.98 Å². The minimum absolute atomic E-state index is 0.0694. The summed E-state index contributed by atoms with van der Waals surface area (Å²) < 4.78 is 1.10. The number of aromatic nitrogens is 1. The number of thiazole rings is 1. The fourth-order valence-corrected chi connectivity index (χ4v) is 4.45. The Balaban J connectivity index is 1.74. The molecule has 1 aromatic carbocycles. The molecule has 0 aliphatic heterocycles. The minimum Gasteiger partial charge on any atom is -0.287 e. The summed E-state index contributed by atoms with van der Waals surface area (Å²) in [4.78, 5) is 22.6. The molecule has 0 bridgehead atoms. The van der Waals surface area contributed by atoms with Gasteiger partial charge < -0.3 is 0 Å². The van der Waals surface area contributed by atoms with Gasteiger partial charge in [-0.15, -0.1) is 17.9 Å². The second-order valence-electron chi connectivity index (χ2n) is 5.64. The predicted octanol–water partition coefficient (Wildman–Crippen LogP) is 4.40. The van der Waals surface area contributed by atoms with E-state index in [0.717, 1.165) is 21.9 Å². The first-order valence-electron chi connectivity index (χ1n) is 8.22. The third-order valence-corrected chi connectivity index (χ3v) is 5.76. The zero-order chi connectivity index (χ0) is 17.6. The van der Waals surface area contributed by atoms with Gasteiger partial charge >= 0.3 is 0 Å². The number of carbonyl (C=O) groups is 1. The molecule has 130 valence electrons. The molecule has 25 heavy (non-hydrogen) atoms. The first kappa shape index (κ1) is 17.8. The Labute approximate surface area is 156 Å². The molecule has 0 radical (unpaired) electrons. The van der Waals surface area contributed by atoms with Crippen molar-refractivity contribution in [2.75, 3.05) is 24.5 Å². The molecule has 0 aliphatic carbocycles. The lowest BCUT2D eigenvalue weighted by Crippen LogP contribution is -2.40. The summed E-state index contributed by atoms with van der Waals surface area (Å²) in [6.45, 7) is 8.21. The molecule has 1 amide bonds. The number of thiophene rings is 1. The van der Waals surface area contributed by atoms with Gasteiger partial charge in [0.05, 0.1) is 16.8 Å². The number of anilines is 1. The van der Waals surface area contributed by atoms with Crippen molar-refractivity contribution in [3.05, 3.63) is 59.3 Å². The van der Waals surface area contributed by atoms with Crippen molar-refractivity contribution < 1.29 is 4.79 Å². The highest BCUT2D eigenvalue weighted by Gasteiger charge is 2.20. The van der Waals surface area contributed by atoms with Gasteiger partial charge in [0, 0.05) is 24.5 Å². The van der Waals surface area contributed by atoms with E-state index in [1.807, 2.05) is 43.3 Å². The van der Waals surface area contributed by atoms with Crippen molar-refractivity contribution in [2.45, 2.75) is 13.5 Å². The van der Waals surface area contributed by atoms with E-state index in [2.05, 4.69) is 27.9 Å². The van der Waals surface area contributed by atoms with Crippen molar-refractivity contribution in [2.24, 2.45) is 0 Å². The van der Waals surface area contributed by atoms with E-state index < -0.39 is 0 Å². The Hall–Kier alpha value is -2.02. The normalized spacial score (nSPS) is 11.1.